The van der Waals surface area contributed by atoms with E-state index in [4.69, 9.17) is 4.74 Å². The molecule has 1 N–H and O–H groups in total. The molecule has 4 saturated carbocycles. The zero-order chi connectivity index (χ0) is 21.3. The number of hydrogen-bond donors (Lipinski definition) is 1. The molecule has 2 amide bonds. The van der Waals surface area contributed by atoms with Crippen molar-refractivity contribution in [3.8, 4) is 0 Å². The van der Waals surface area contributed by atoms with E-state index in [9.17, 15) is 14.4 Å². The second kappa shape index (κ2) is 8.40. The lowest BCUT2D eigenvalue weighted by Crippen LogP contribution is -2.54. The maximum atomic E-state index is 12.9. The quantitative estimate of drug-likeness (QED) is 0.697. The Bertz CT molecular complexity index is 769. The van der Waals surface area contributed by atoms with E-state index in [1.807, 2.05) is 44.2 Å². The molecule has 1 aromatic carbocycles. The molecule has 6 nitrogen and oxygen atoms in total. The van der Waals surface area contributed by atoms with Crippen LogP contribution < -0.4 is 10.2 Å². The highest BCUT2D eigenvalue weighted by Gasteiger charge is 2.54. The van der Waals surface area contributed by atoms with Crippen molar-refractivity contribution in [3.63, 3.8) is 0 Å². The van der Waals surface area contributed by atoms with Crippen molar-refractivity contribution in [2.24, 2.45) is 23.2 Å². The highest BCUT2D eigenvalue weighted by molar-refractivity contribution is 5.96. The second-order valence-corrected chi connectivity index (χ2v) is 9.73. The van der Waals surface area contributed by atoms with Gasteiger partial charge in [-0.05, 0) is 82.3 Å². The first-order valence-electron chi connectivity index (χ1n) is 11.2. The standard InChI is InChI=1S/C24H32N2O4/c1-16(2)26(20-6-4-3-5-7-20)21(27)15-30-22(28)14-25-23(29)24-11-17-8-18(12-24)10-19(9-17)13-24/h3-7,16-19H,8-15H2,1-2H3,(H,25,29). The first-order chi connectivity index (χ1) is 14.4. The molecule has 0 radical (unpaired) electrons. The number of carbonyl (C=O) groups is 3. The number of benzene rings is 1. The topological polar surface area (TPSA) is 75.7 Å². The molecule has 162 valence electrons. The van der Waals surface area contributed by atoms with E-state index in [2.05, 4.69) is 5.32 Å². The zero-order valence-corrected chi connectivity index (χ0v) is 17.9. The Morgan fingerprint density at radius 2 is 1.60 bits per heavy atom. The molecule has 30 heavy (non-hydrogen) atoms. The minimum Gasteiger partial charge on any atom is -0.454 e. The average molecular weight is 413 g/mol. The number of nitrogens with zero attached hydrogens (tertiary/aromatic N) is 1. The van der Waals surface area contributed by atoms with Crippen LogP contribution in [0.2, 0.25) is 0 Å². The van der Waals surface area contributed by atoms with Gasteiger partial charge in [0.1, 0.15) is 6.54 Å². The third-order valence-corrected chi connectivity index (χ3v) is 7.09. The molecule has 1 aromatic rings. The van der Waals surface area contributed by atoms with Gasteiger partial charge < -0.3 is 15.0 Å². The summed E-state index contributed by atoms with van der Waals surface area (Å²) in [7, 11) is 0. The SMILES string of the molecule is CC(C)N(C(=O)COC(=O)CNC(=O)C12CC3CC(CC(C3)C1)C2)c1ccccc1. The van der Waals surface area contributed by atoms with Crippen molar-refractivity contribution >= 4 is 23.5 Å². The molecule has 0 aromatic heterocycles. The number of anilines is 1. The summed E-state index contributed by atoms with van der Waals surface area (Å²) in [6.07, 6.45) is 6.68. The van der Waals surface area contributed by atoms with Gasteiger partial charge in [0.05, 0.1) is 0 Å². The summed E-state index contributed by atoms with van der Waals surface area (Å²) in [5.41, 5.74) is 0.482. The molecule has 0 saturated heterocycles. The largest absolute Gasteiger partial charge is 0.454 e. The zero-order valence-electron chi connectivity index (χ0n) is 17.9. The Hall–Kier alpha value is -2.37. The molecule has 0 atom stereocenters. The van der Waals surface area contributed by atoms with Gasteiger partial charge in [-0.2, -0.15) is 0 Å². The van der Waals surface area contributed by atoms with Crippen molar-refractivity contribution in [3.05, 3.63) is 30.3 Å². The van der Waals surface area contributed by atoms with E-state index in [1.165, 1.54) is 19.3 Å². The van der Waals surface area contributed by atoms with Gasteiger partial charge in [-0.1, -0.05) is 18.2 Å². The van der Waals surface area contributed by atoms with Gasteiger partial charge in [-0.15, -0.1) is 0 Å². The summed E-state index contributed by atoms with van der Waals surface area (Å²) in [6, 6.07) is 9.26. The normalized spacial score (nSPS) is 29.0. The molecule has 4 aliphatic carbocycles. The first kappa shape index (κ1) is 20.9. The van der Waals surface area contributed by atoms with Crippen LogP contribution in [0.4, 0.5) is 5.69 Å². The molecular weight excluding hydrogens is 380 g/mol. The molecule has 4 bridgehead atoms. The predicted molar refractivity (Wildman–Crippen MR) is 114 cm³/mol. The number of para-hydroxylation sites is 1. The molecular formula is C24H32N2O4. The highest BCUT2D eigenvalue weighted by atomic mass is 16.5. The van der Waals surface area contributed by atoms with E-state index >= 15 is 0 Å². The first-order valence-corrected chi connectivity index (χ1v) is 11.2. The number of amides is 2. The van der Waals surface area contributed by atoms with Crippen molar-refractivity contribution in [2.75, 3.05) is 18.1 Å². The number of ether oxygens (including phenoxy) is 1. The molecule has 5 rings (SSSR count). The van der Waals surface area contributed by atoms with Crippen LogP contribution in [0.25, 0.3) is 0 Å². The van der Waals surface area contributed by atoms with Crippen LogP contribution >= 0.6 is 0 Å². The third kappa shape index (κ3) is 4.23. The fourth-order valence-corrected chi connectivity index (χ4v) is 6.31. The van der Waals surface area contributed by atoms with Crippen LogP contribution in [0.15, 0.2) is 30.3 Å². The third-order valence-electron chi connectivity index (χ3n) is 7.09. The molecule has 0 spiro atoms. The van der Waals surface area contributed by atoms with E-state index in [0.717, 1.165) is 24.9 Å². The monoisotopic (exact) mass is 412 g/mol. The van der Waals surface area contributed by atoms with E-state index < -0.39 is 5.97 Å². The number of rotatable bonds is 7. The van der Waals surface area contributed by atoms with Crippen molar-refractivity contribution < 1.29 is 19.1 Å². The average Bonchev–Trinajstić information content (AvgIpc) is 2.70. The van der Waals surface area contributed by atoms with Crippen LogP contribution in [0, 0.1) is 23.2 Å². The van der Waals surface area contributed by atoms with Crippen LogP contribution in [-0.2, 0) is 19.1 Å². The van der Waals surface area contributed by atoms with Gasteiger partial charge >= 0.3 is 5.97 Å². The van der Waals surface area contributed by atoms with Crippen molar-refractivity contribution in [1.82, 2.24) is 5.32 Å². The van der Waals surface area contributed by atoms with E-state index in [1.54, 1.807) is 4.90 Å². The Morgan fingerprint density at radius 1 is 1.03 bits per heavy atom. The lowest BCUT2D eigenvalue weighted by molar-refractivity contribution is -0.152. The number of carbonyl (C=O) groups excluding carboxylic acids is 3. The number of nitrogens with one attached hydrogen (secondary N) is 1. The molecule has 4 fully saturated rings. The summed E-state index contributed by atoms with van der Waals surface area (Å²) in [5.74, 6) is 1.16. The van der Waals surface area contributed by atoms with Crippen LogP contribution in [0.1, 0.15) is 52.4 Å². The maximum absolute atomic E-state index is 12.9. The Morgan fingerprint density at radius 3 is 2.13 bits per heavy atom. The fourth-order valence-electron chi connectivity index (χ4n) is 6.31. The van der Waals surface area contributed by atoms with Gasteiger partial charge in [0.25, 0.3) is 5.91 Å². The van der Waals surface area contributed by atoms with E-state index in [0.29, 0.717) is 17.8 Å². The molecule has 4 aliphatic rings. The smallest absolute Gasteiger partial charge is 0.325 e. The van der Waals surface area contributed by atoms with Crippen molar-refractivity contribution in [1.29, 1.82) is 0 Å². The van der Waals surface area contributed by atoms with Crippen LogP contribution in [0.3, 0.4) is 0 Å². The van der Waals surface area contributed by atoms with Gasteiger partial charge in [-0.3, -0.25) is 14.4 Å². The summed E-state index contributed by atoms with van der Waals surface area (Å²) in [5, 5.41) is 2.81. The predicted octanol–water partition coefficient (Wildman–Crippen LogP) is 3.30. The molecule has 0 heterocycles. The Balaban J connectivity index is 1.27. The fraction of sp³-hybridized carbons (Fsp3) is 0.625. The number of hydrogen-bond acceptors (Lipinski definition) is 4. The summed E-state index contributed by atoms with van der Waals surface area (Å²) >= 11 is 0. The maximum Gasteiger partial charge on any atom is 0.325 e. The van der Waals surface area contributed by atoms with Gasteiger partial charge in [0, 0.05) is 17.1 Å². The lowest BCUT2D eigenvalue weighted by atomic mass is 9.49. The van der Waals surface area contributed by atoms with Crippen LogP contribution in [-0.4, -0.2) is 37.0 Å². The number of esters is 1. The molecule has 0 unspecified atom stereocenters. The second-order valence-electron chi connectivity index (χ2n) is 9.73. The van der Waals surface area contributed by atoms with Gasteiger partial charge in [0.15, 0.2) is 6.61 Å². The molecule has 6 heteroatoms. The van der Waals surface area contributed by atoms with E-state index in [-0.39, 0.29) is 36.4 Å². The summed E-state index contributed by atoms with van der Waals surface area (Å²) in [6.45, 7) is 3.32. The highest BCUT2D eigenvalue weighted by Crippen LogP contribution is 2.60. The summed E-state index contributed by atoms with van der Waals surface area (Å²) < 4.78 is 5.18. The Kier molecular flexibility index (Phi) is 5.85. The minimum absolute atomic E-state index is 0.00188. The van der Waals surface area contributed by atoms with Gasteiger partial charge in [-0.25, -0.2) is 0 Å². The van der Waals surface area contributed by atoms with Crippen LogP contribution in [0.5, 0.6) is 0 Å². The van der Waals surface area contributed by atoms with Gasteiger partial charge in [0.2, 0.25) is 5.91 Å². The molecule has 0 aliphatic heterocycles. The summed E-state index contributed by atoms with van der Waals surface area (Å²) in [4.78, 5) is 39.4. The Labute approximate surface area is 178 Å². The minimum atomic E-state index is -0.571. The lowest BCUT2D eigenvalue weighted by Gasteiger charge is -2.55. The van der Waals surface area contributed by atoms with Crippen molar-refractivity contribution in [2.45, 2.75) is 58.4 Å².